The van der Waals surface area contributed by atoms with Crippen LogP contribution in [0.2, 0.25) is 0 Å². The number of nitrogen functional groups attached to an aromatic ring is 1. The first kappa shape index (κ1) is 24.1. The molecule has 1 aromatic heterocycles. The molecule has 2 unspecified atom stereocenters. The van der Waals surface area contributed by atoms with E-state index in [1.165, 1.54) is 31.5 Å². The molecule has 1 aromatic carbocycles. The van der Waals surface area contributed by atoms with E-state index in [4.69, 9.17) is 5.73 Å². The summed E-state index contributed by atoms with van der Waals surface area (Å²) in [7, 11) is 0. The van der Waals surface area contributed by atoms with Crippen molar-refractivity contribution in [2.24, 2.45) is 5.10 Å². The quantitative estimate of drug-likeness (QED) is 0.433. The summed E-state index contributed by atoms with van der Waals surface area (Å²) in [5, 5.41) is 19.1. The molecule has 182 valence electrons. The van der Waals surface area contributed by atoms with Gasteiger partial charge in [-0.2, -0.15) is 10.1 Å². The highest BCUT2D eigenvalue weighted by Gasteiger charge is 2.30. The molecule has 9 nitrogen and oxygen atoms in total. The first-order valence-electron chi connectivity index (χ1n) is 12.2. The summed E-state index contributed by atoms with van der Waals surface area (Å²) in [5.74, 6) is 0.655. The SMILES string of the molecule is CCCC(CCO)Nc1nc(N)nc2c1C(C=O)N(Cc1ccc(CN3CCCC3)cc1)N=C2. The Kier molecular flexibility index (Phi) is 8.08. The number of rotatable bonds is 11. The van der Waals surface area contributed by atoms with Gasteiger partial charge in [-0.1, -0.05) is 37.6 Å². The summed E-state index contributed by atoms with van der Waals surface area (Å²) in [5.41, 5.74) is 9.53. The van der Waals surface area contributed by atoms with E-state index in [9.17, 15) is 9.90 Å². The van der Waals surface area contributed by atoms with Crippen LogP contribution < -0.4 is 11.1 Å². The maximum Gasteiger partial charge on any atom is 0.222 e. The Labute approximate surface area is 201 Å². The summed E-state index contributed by atoms with van der Waals surface area (Å²) < 4.78 is 0. The number of hydrogen-bond donors (Lipinski definition) is 3. The number of aromatic nitrogens is 2. The molecule has 4 N–H and O–H groups in total. The Balaban J connectivity index is 1.53. The number of nitrogens with two attached hydrogens (primary N) is 1. The molecular weight excluding hydrogens is 430 g/mol. The summed E-state index contributed by atoms with van der Waals surface area (Å²) in [6.07, 6.45) is 7.49. The molecule has 0 bridgehead atoms. The number of anilines is 2. The van der Waals surface area contributed by atoms with Crippen LogP contribution in [0.1, 0.15) is 67.5 Å². The molecule has 0 aliphatic carbocycles. The van der Waals surface area contributed by atoms with Gasteiger partial charge in [0.15, 0.2) is 0 Å². The Hall–Kier alpha value is -3.04. The first-order valence-corrected chi connectivity index (χ1v) is 12.2. The monoisotopic (exact) mass is 465 g/mol. The first-order chi connectivity index (χ1) is 16.6. The Morgan fingerprint density at radius 1 is 1.15 bits per heavy atom. The van der Waals surface area contributed by atoms with Crippen LogP contribution in [0.3, 0.4) is 0 Å². The van der Waals surface area contributed by atoms with Crippen LogP contribution in [0.15, 0.2) is 29.4 Å². The second kappa shape index (κ2) is 11.4. The molecular formula is C25H35N7O2. The topological polar surface area (TPSA) is 120 Å². The molecule has 9 heteroatoms. The minimum atomic E-state index is -0.635. The van der Waals surface area contributed by atoms with Crippen molar-refractivity contribution in [1.82, 2.24) is 19.9 Å². The molecule has 3 heterocycles. The molecule has 2 aliphatic rings. The summed E-state index contributed by atoms with van der Waals surface area (Å²) in [6, 6.07) is 7.92. The predicted octanol–water partition coefficient (Wildman–Crippen LogP) is 2.71. The van der Waals surface area contributed by atoms with Gasteiger partial charge in [0.2, 0.25) is 5.95 Å². The zero-order valence-corrected chi connectivity index (χ0v) is 19.9. The summed E-state index contributed by atoms with van der Waals surface area (Å²) in [6.45, 7) is 5.97. The number of fused-ring (bicyclic) bond motifs is 1. The summed E-state index contributed by atoms with van der Waals surface area (Å²) >= 11 is 0. The standard InChI is InChI=1S/C25H35N7O2/c1-2-5-20(10-13-33)28-24-23-21(29-25(26)30-24)14-27-32(22(23)17-34)16-19-8-6-18(7-9-19)15-31-11-3-4-12-31/h6-9,14,17,20,22,33H,2-5,10-13,15-16H2,1H3,(H3,26,28,29,30). The van der Waals surface area contributed by atoms with Gasteiger partial charge in [0.25, 0.3) is 0 Å². The van der Waals surface area contributed by atoms with E-state index in [0.29, 0.717) is 30.0 Å². The third-order valence-corrected chi connectivity index (χ3v) is 6.49. The lowest BCUT2D eigenvalue weighted by atomic mass is 10.0. The molecule has 4 rings (SSSR count). The predicted molar refractivity (Wildman–Crippen MR) is 133 cm³/mol. The smallest absolute Gasteiger partial charge is 0.222 e. The van der Waals surface area contributed by atoms with Crippen LogP contribution in [0.4, 0.5) is 11.8 Å². The van der Waals surface area contributed by atoms with Gasteiger partial charge in [-0.3, -0.25) is 9.91 Å². The van der Waals surface area contributed by atoms with Crippen molar-refractivity contribution >= 4 is 24.3 Å². The molecule has 0 spiro atoms. The second-order valence-corrected chi connectivity index (χ2v) is 9.09. The number of aldehydes is 1. The van der Waals surface area contributed by atoms with Crippen molar-refractivity contribution in [3.05, 3.63) is 46.6 Å². The molecule has 2 aliphatic heterocycles. The molecule has 2 aromatic rings. The van der Waals surface area contributed by atoms with Crippen molar-refractivity contribution in [1.29, 1.82) is 0 Å². The number of aliphatic hydroxyl groups is 1. The lowest BCUT2D eigenvalue weighted by Gasteiger charge is -2.31. The number of nitrogens with zero attached hydrogens (tertiary/aromatic N) is 5. The van der Waals surface area contributed by atoms with Crippen LogP contribution in [-0.4, -0.2) is 63.2 Å². The third-order valence-electron chi connectivity index (χ3n) is 6.49. The Morgan fingerprint density at radius 2 is 1.85 bits per heavy atom. The van der Waals surface area contributed by atoms with Gasteiger partial charge in [0.1, 0.15) is 18.1 Å². The number of benzene rings is 1. The fourth-order valence-electron chi connectivity index (χ4n) is 4.75. The normalized spacial score (nSPS) is 18.6. The van der Waals surface area contributed by atoms with Crippen LogP contribution in [-0.2, 0) is 17.9 Å². The zero-order valence-electron chi connectivity index (χ0n) is 19.9. The van der Waals surface area contributed by atoms with Crippen LogP contribution in [0, 0.1) is 0 Å². The van der Waals surface area contributed by atoms with E-state index in [-0.39, 0.29) is 18.6 Å². The highest BCUT2D eigenvalue weighted by atomic mass is 16.3. The van der Waals surface area contributed by atoms with Gasteiger partial charge >= 0.3 is 0 Å². The van der Waals surface area contributed by atoms with Crippen LogP contribution in [0.5, 0.6) is 0 Å². The van der Waals surface area contributed by atoms with E-state index >= 15 is 0 Å². The van der Waals surface area contributed by atoms with E-state index in [1.807, 2.05) is 0 Å². The second-order valence-electron chi connectivity index (χ2n) is 9.09. The van der Waals surface area contributed by atoms with Crippen molar-refractivity contribution in [3.63, 3.8) is 0 Å². The maximum absolute atomic E-state index is 12.3. The van der Waals surface area contributed by atoms with Gasteiger partial charge < -0.3 is 21.0 Å². The highest BCUT2D eigenvalue weighted by molar-refractivity contribution is 5.86. The van der Waals surface area contributed by atoms with Crippen LogP contribution in [0.25, 0.3) is 0 Å². The van der Waals surface area contributed by atoms with E-state index < -0.39 is 6.04 Å². The number of carbonyl (C=O) groups excluding carboxylic acids is 1. The average molecular weight is 466 g/mol. The summed E-state index contributed by atoms with van der Waals surface area (Å²) in [4.78, 5) is 23.5. The van der Waals surface area contributed by atoms with Gasteiger partial charge in [-0.15, -0.1) is 0 Å². The highest BCUT2D eigenvalue weighted by Crippen LogP contribution is 2.33. The van der Waals surface area contributed by atoms with Crippen molar-refractivity contribution in [2.45, 2.75) is 64.2 Å². The fraction of sp³-hybridized carbons (Fsp3) is 0.520. The molecule has 0 saturated carbocycles. The third kappa shape index (κ3) is 5.71. The van der Waals surface area contributed by atoms with Crippen molar-refractivity contribution < 1.29 is 9.90 Å². The Morgan fingerprint density at radius 3 is 2.50 bits per heavy atom. The number of hydrazone groups is 1. The molecule has 0 radical (unpaired) electrons. The van der Waals surface area contributed by atoms with E-state index in [1.54, 1.807) is 11.2 Å². The number of nitrogens with one attached hydrogen (secondary N) is 1. The minimum absolute atomic E-state index is 0.0242. The number of carbonyl (C=O) groups is 1. The average Bonchev–Trinajstić information content (AvgIpc) is 3.34. The molecule has 1 fully saturated rings. The number of hydrogen-bond acceptors (Lipinski definition) is 9. The minimum Gasteiger partial charge on any atom is -0.396 e. The van der Waals surface area contributed by atoms with Crippen LogP contribution >= 0.6 is 0 Å². The number of likely N-dealkylation sites (tertiary alicyclic amines) is 1. The van der Waals surface area contributed by atoms with Gasteiger partial charge in [0.05, 0.1) is 24.0 Å². The maximum atomic E-state index is 12.3. The van der Waals surface area contributed by atoms with Gasteiger partial charge in [-0.05, 0) is 49.9 Å². The molecule has 2 atom stereocenters. The zero-order chi connectivity index (χ0) is 23.9. The fourth-order valence-corrected chi connectivity index (χ4v) is 4.75. The molecule has 0 amide bonds. The number of aliphatic hydroxyl groups excluding tert-OH is 1. The van der Waals surface area contributed by atoms with Crippen molar-refractivity contribution in [3.8, 4) is 0 Å². The van der Waals surface area contributed by atoms with Gasteiger partial charge in [0, 0.05) is 19.2 Å². The molecule has 34 heavy (non-hydrogen) atoms. The lowest BCUT2D eigenvalue weighted by molar-refractivity contribution is -0.113. The van der Waals surface area contributed by atoms with Gasteiger partial charge in [-0.25, -0.2) is 4.98 Å². The van der Waals surface area contributed by atoms with E-state index in [0.717, 1.165) is 31.2 Å². The molecule has 1 saturated heterocycles. The van der Waals surface area contributed by atoms with Crippen molar-refractivity contribution in [2.75, 3.05) is 30.7 Å². The lowest BCUT2D eigenvalue weighted by Crippen LogP contribution is -2.32. The largest absolute Gasteiger partial charge is 0.396 e. The van der Waals surface area contributed by atoms with E-state index in [2.05, 4.69) is 56.5 Å². The Bertz CT molecular complexity index is 984.